The third kappa shape index (κ3) is 5.30. The van der Waals surface area contributed by atoms with Crippen LogP contribution in [-0.2, 0) is 11.2 Å². The lowest BCUT2D eigenvalue weighted by Gasteiger charge is -2.24. The Morgan fingerprint density at radius 1 is 1.18 bits per heavy atom. The number of aromatic nitrogens is 3. The first-order valence-electron chi connectivity index (χ1n) is 11.7. The number of amides is 1. The zero-order valence-corrected chi connectivity index (χ0v) is 20.8. The fourth-order valence-corrected chi connectivity index (χ4v) is 4.13. The molecule has 1 N–H and O–H groups in total. The van der Waals surface area contributed by atoms with Gasteiger partial charge >= 0.3 is 0 Å². The molecule has 0 spiro atoms. The van der Waals surface area contributed by atoms with Gasteiger partial charge in [-0.15, -0.1) is 0 Å². The Bertz CT molecular complexity index is 1210. The molecular weight excluding hydrogens is 430 g/mol. The van der Waals surface area contributed by atoms with Crippen molar-refractivity contribution in [3.63, 3.8) is 0 Å². The Morgan fingerprint density at radius 2 is 1.88 bits per heavy atom. The van der Waals surface area contributed by atoms with Crippen LogP contribution in [0.1, 0.15) is 68.2 Å². The molecule has 0 saturated carbocycles. The van der Waals surface area contributed by atoms with Gasteiger partial charge in [0.2, 0.25) is 5.91 Å². The average molecular weight is 464 g/mol. The number of benzene rings is 1. The average Bonchev–Trinajstić information content (AvgIpc) is 3.21. The minimum Gasteiger partial charge on any atom is -0.490 e. The summed E-state index contributed by atoms with van der Waals surface area (Å²) in [6.07, 6.45) is 2.37. The van der Waals surface area contributed by atoms with Gasteiger partial charge in [0.1, 0.15) is 11.6 Å². The molecule has 0 bridgehead atoms. The molecule has 2 heterocycles. The van der Waals surface area contributed by atoms with E-state index in [1.165, 1.54) is 6.20 Å². The smallest absolute Gasteiger partial charge is 0.220 e. The number of carbonyl (C=O) groups is 1. The van der Waals surface area contributed by atoms with Crippen molar-refractivity contribution in [1.82, 2.24) is 19.9 Å². The van der Waals surface area contributed by atoms with E-state index < -0.39 is 0 Å². The number of hydrogen-bond donors (Lipinski definition) is 1. The monoisotopic (exact) mass is 463 g/mol. The van der Waals surface area contributed by atoms with E-state index in [0.717, 1.165) is 22.5 Å². The van der Waals surface area contributed by atoms with Crippen molar-refractivity contribution in [2.75, 3.05) is 13.2 Å². The van der Waals surface area contributed by atoms with Gasteiger partial charge in [-0.3, -0.25) is 4.79 Å². The highest BCUT2D eigenvalue weighted by Gasteiger charge is 2.21. The van der Waals surface area contributed by atoms with Crippen molar-refractivity contribution in [2.45, 2.75) is 60.4 Å². The van der Waals surface area contributed by atoms with E-state index >= 15 is 0 Å². The third-order valence-corrected chi connectivity index (χ3v) is 5.84. The summed E-state index contributed by atoms with van der Waals surface area (Å²) in [6.45, 7) is 13.0. The van der Waals surface area contributed by atoms with Gasteiger partial charge in [0.05, 0.1) is 25.5 Å². The Balaban J connectivity index is 1.76. The minimum absolute atomic E-state index is 0.0392. The molecule has 1 unspecified atom stereocenters. The Labute approximate surface area is 200 Å². The number of aryl methyl sites for hydroxylation is 2. The summed E-state index contributed by atoms with van der Waals surface area (Å²) in [7, 11) is 0. The highest BCUT2D eigenvalue weighted by Crippen LogP contribution is 2.33. The van der Waals surface area contributed by atoms with Crippen LogP contribution in [-0.4, -0.2) is 33.7 Å². The predicted molar refractivity (Wildman–Crippen MR) is 130 cm³/mol. The Hall–Kier alpha value is -3.60. The number of ether oxygens (including phenoxy) is 2. The summed E-state index contributed by atoms with van der Waals surface area (Å²) in [4.78, 5) is 17.5. The van der Waals surface area contributed by atoms with E-state index in [4.69, 9.17) is 9.47 Å². The zero-order valence-electron chi connectivity index (χ0n) is 20.8. The summed E-state index contributed by atoms with van der Waals surface area (Å²) in [6, 6.07) is 7.80. The highest BCUT2D eigenvalue weighted by molar-refractivity contribution is 5.77. The lowest BCUT2D eigenvalue weighted by Crippen LogP contribution is -2.32. The molecule has 3 aromatic rings. The van der Waals surface area contributed by atoms with Crippen molar-refractivity contribution >= 4 is 11.6 Å². The SMILES string of the molecule is CCOc1ccc(C(NC(=O)CCc2c(C)nc3c(C#N)cnn3c2C)C(C)C)cc1OCC. The molecule has 0 fully saturated rings. The topological polar surface area (TPSA) is 102 Å². The first-order valence-corrected chi connectivity index (χ1v) is 11.7. The molecular formula is C26H33N5O3. The number of rotatable bonds is 10. The highest BCUT2D eigenvalue weighted by atomic mass is 16.5. The van der Waals surface area contributed by atoms with Crippen LogP contribution in [0.3, 0.4) is 0 Å². The summed E-state index contributed by atoms with van der Waals surface area (Å²) in [5, 5.41) is 16.7. The molecule has 0 aliphatic carbocycles. The maximum absolute atomic E-state index is 13.0. The van der Waals surface area contributed by atoms with E-state index in [2.05, 4.69) is 35.3 Å². The molecule has 8 nitrogen and oxygen atoms in total. The number of fused-ring (bicyclic) bond motifs is 1. The fraction of sp³-hybridized carbons (Fsp3) is 0.462. The van der Waals surface area contributed by atoms with Gasteiger partial charge in [-0.2, -0.15) is 10.4 Å². The number of nitrogens with zero attached hydrogens (tertiary/aromatic N) is 4. The van der Waals surface area contributed by atoms with Crippen LogP contribution in [0.25, 0.3) is 5.65 Å². The number of hydrogen-bond acceptors (Lipinski definition) is 6. The Kier molecular flexibility index (Phi) is 8.11. The summed E-state index contributed by atoms with van der Waals surface area (Å²) in [5.74, 6) is 1.53. The Morgan fingerprint density at radius 3 is 2.53 bits per heavy atom. The first kappa shape index (κ1) is 25.0. The van der Waals surface area contributed by atoms with Gasteiger partial charge < -0.3 is 14.8 Å². The largest absolute Gasteiger partial charge is 0.490 e. The molecule has 0 aliphatic heterocycles. The number of nitrogens with one attached hydrogen (secondary N) is 1. The zero-order chi connectivity index (χ0) is 24.8. The molecule has 8 heteroatoms. The maximum atomic E-state index is 13.0. The molecule has 3 rings (SSSR count). The van der Waals surface area contributed by atoms with E-state index in [1.54, 1.807) is 4.52 Å². The second-order valence-electron chi connectivity index (χ2n) is 8.53. The van der Waals surface area contributed by atoms with Crippen LogP contribution in [0.2, 0.25) is 0 Å². The molecule has 1 amide bonds. The molecule has 1 aromatic carbocycles. The van der Waals surface area contributed by atoms with E-state index in [-0.39, 0.29) is 17.9 Å². The van der Waals surface area contributed by atoms with Gasteiger partial charge in [0, 0.05) is 17.8 Å². The third-order valence-electron chi connectivity index (χ3n) is 5.84. The first-order chi connectivity index (χ1) is 16.3. The van der Waals surface area contributed by atoms with Crippen LogP contribution in [0.4, 0.5) is 0 Å². The van der Waals surface area contributed by atoms with E-state index in [0.29, 0.717) is 48.8 Å². The second kappa shape index (κ2) is 11.0. The minimum atomic E-state index is -0.158. The van der Waals surface area contributed by atoms with E-state index in [9.17, 15) is 10.1 Å². The lowest BCUT2D eigenvalue weighted by molar-refractivity contribution is -0.122. The second-order valence-corrected chi connectivity index (χ2v) is 8.53. The predicted octanol–water partition coefficient (Wildman–Crippen LogP) is 4.46. The van der Waals surface area contributed by atoms with Crippen LogP contribution >= 0.6 is 0 Å². The van der Waals surface area contributed by atoms with Crippen LogP contribution < -0.4 is 14.8 Å². The lowest BCUT2D eigenvalue weighted by atomic mass is 9.95. The van der Waals surface area contributed by atoms with Gasteiger partial charge in [0.15, 0.2) is 17.1 Å². The van der Waals surface area contributed by atoms with Crippen LogP contribution in [0, 0.1) is 31.1 Å². The van der Waals surface area contributed by atoms with Crippen molar-refractivity contribution in [3.05, 3.63) is 52.5 Å². The maximum Gasteiger partial charge on any atom is 0.220 e. The summed E-state index contributed by atoms with van der Waals surface area (Å²) in [5.41, 5.74) is 4.64. The molecule has 34 heavy (non-hydrogen) atoms. The quantitative estimate of drug-likeness (QED) is 0.476. The van der Waals surface area contributed by atoms with Crippen molar-refractivity contribution < 1.29 is 14.3 Å². The fourth-order valence-electron chi connectivity index (χ4n) is 4.13. The molecule has 1 atom stereocenters. The molecule has 0 radical (unpaired) electrons. The van der Waals surface area contributed by atoms with Crippen molar-refractivity contribution in [1.29, 1.82) is 5.26 Å². The van der Waals surface area contributed by atoms with Gasteiger partial charge in [-0.1, -0.05) is 19.9 Å². The molecule has 0 saturated heterocycles. The van der Waals surface area contributed by atoms with Crippen LogP contribution in [0.15, 0.2) is 24.4 Å². The number of nitriles is 1. The van der Waals surface area contributed by atoms with Gasteiger partial charge in [-0.05, 0) is 63.3 Å². The molecule has 180 valence electrons. The summed E-state index contributed by atoms with van der Waals surface area (Å²) < 4.78 is 13.1. The summed E-state index contributed by atoms with van der Waals surface area (Å²) >= 11 is 0. The van der Waals surface area contributed by atoms with E-state index in [1.807, 2.05) is 45.9 Å². The van der Waals surface area contributed by atoms with Gasteiger partial charge in [0.25, 0.3) is 0 Å². The molecule has 0 aliphatic rings. The van der Waals surface area contributed by atoms with Crippen LogP contribution in [0.5, 0.6) is 11.5 Å². The van der Waals surface area contributed by atoms with Crippen molar-refractivity contribution in [2.24, 2.45) is 5.92 Å². The van der Waals surface area contributed by atoms with Crippen molar-refractivity contribution in [3.8, 4) is 17.6 Å². The standard InChI is InChI=1S/C26H33N5O3/c1-7-33-22-11-9-19(13-23(22)34-8-2)25(16(3)4)30-24(32)12-10-21-17(5)29-26-20(14-27)15-28-31(26)18(21)6/h9,11,13,15-16,25H,7-8,10,12H2,1-6H3,(H,30,32). The molecule has 2 aromatic heterocycles. The van der Waals surface area contributed by atoms with Gasteiger partial charge in [-0.25, -0.2) is 9.50 Å². The number of carbonyl (C=O) groups excluding carboxylic acids is 1. The normalized spacial score (nSPS) is 11.9.